The summed E-state index contributed by atoms with van der Waals surface area (Å²) in [6, 6.07) is 17.4. The van der Waals surface area contributed by atoms with Crippen LogP contribution in [0.1, 0.15) is 11.1 Å². The summed E-state index contributed by atoms with van der Waals surface area (Å²) in [5, 5.41) is 3.40. The van der Waals surface area contributed by atoms with Crippen LogP contribution in [-0.4, -0.2) is 11.0 Å². The highest BCUT2D eigenvalue weighted by Gasteiger charge is 2.31. The van der Waals surface area contributed by atoms with E-state index < -0.39 is 0 Å². The third-order valence-electron chi connectivity index (χ3n) is 3.25. The summed E-state index contributed by atoms with van der Waals surface area (Å²) < 4.78 is 0. The first-order valence-electron chi connectivity index (χ1n) is 6.64. The van der Waals surface area contributed by atoms with E-state index in [9.17, 15) is 4.79 Å². The Morgan fingerprint density at radius 1 is 1.10 bits per heavy atom. The Hall–Kier alpha value is -2.46. The summed E-state index contributed by atoms with van der Waals surface area (Å²) >= 11 is 5.29. The van der Waals surface area contributed by atoms with Crippen molar-refractivity contribution in [2.24, 2.45) is 0 Å². The first-order chi connectivity index (χ1) is 10.1. The van der Waals surface area contributed by atoms with Crippen LogP contribution in [0.4, 0.5) is 5.69 Å². The van der Waals surface area contributed by atoms with Gasteiger partial charge in [0, 0.05) is 0 Å². The van der Waals surface area contributed by atoms with Crippen LogP contribution in [0.25, 0.3) is 6.08 Å². The fourth-order valence-corrected chi connectivity index (χ4v) is 2.55. The Morgan fingerprint density at radius 2 is 1.86 bits per heavy atom. The summed E-state index contributed by atoms with van der Waals surface area (Å²) in [4.78, 5) is 14.1. The van der Waals surface area contributed by atoms with Crippen molar-refractivity contribution in [2.75, 3.05) is 4.90 Å². The van der Waals surface area contributed by atoms with Crippen LogP contribution in [-0.2, 0) is 4.79 Å². The van der Waals surface area contributed by atoms with Crippen molar-refractivity contribution in [2.45, 2.75) is 6.92 Å². The molecule has 0 unspecified atom stereocenters. The number of hydrogen-bond acceptors (Lipinski definition) is 2. The number of hydrogen-bond donors (Lipinski definition) is 1. The molecule has 0 saturated carbocycles. The smallest absolute Gasteiger partial charge is 0.281 e. The van der Waals surface area contributed by atoms with Crippen molar-refractivity contribution in [3.8, 4) is 0 Å². The summed E-state index contributed by atoms with van der Waals surface area (Å²) in [6.07, 6.45) is 1.81. The molecule has 0 radical (unpaired) electrons. The van der Waals surface area contributed by atoms with E-state index in [0.717, 1.165) is 16.8 Å². The van der Waals surface area contributed by atoms with Gasteiger partial charge in [-0.1, -0.05) is 42.5 Å². The van der Waals surface area contributed by atoms with Crippen LogP contribution >= 0.6 is 12.2 Å². The van der Waals surface area contributed by atoms with Gasteiger partial charge in [-0.15, -0.1) is 0 Å². The monoisotopic (exact) mass is 294 g/mol. The first kappa shape index (κ1) is 13.5. The zero-order valence-electron chi connectivity index (χ0n) is 11.5. The van der Waals surface area contributed by atoms with Gasteiger partial charge in [0.05, 0.1) is 5.69 Å². The van der Waals surface area contributed by atoms with E-state index in [1.807, 2.05) is 67.6 Å². The van der Waals surface area contributed by atoms with Crippen molar-refractivity contribution in [3.63, 3.8) is 0 Å². The minimum Gasteiger partial charge on any atom is -0.327 e. The van der Waals surface area contributed by atoms with Crippen LogP contribution in [0.3, 0.4) is 0 Å². The van der Waals surface area contributed by atoms with Crippen molar-refractivity contribution in [3.05, 3.63) is 71.4 Å². The number of nitrogens with zero attached hydrogens (tertiary/aromatic N) is 1. The maximum Gasteiger partial charge on any atom is 0.281 e. The number of carbonyl (C=O) groups is 1. The molecule has 1 N–H and O–H groups in total. The van der Waals surface area contributed by atoms with Gasteiger partial charge < -0.3 is 5.32 Å². The number of amides is 1. The van der Waals surface area contributed by atoms with Crippen LogP contribution in [0.5, 0.6) is 0 Å². The number of anilines is 1. The highest BCUT2D eigenvalue weighted by atomic mass is 32.1. The molecule has 0 aliphatic carbocycles. The number of aryl methyl sites for hydroxylation is 1. The molecule has 2 aromatic carbocycles. The van der Waals surface area contributed by atoms with Crippen LogP contribution in [0.2, 0.25) is 0 Å². The quantitative estimate of drug-likeness (QED) is 0.681. The number of benzene rings is 2. The number of nitrogens with one attached hydrogen (secondary N) is 1. The van der Waals surface area contributed by atoms with Gasteiger partial charge >= 0.3 is 0 Å². The summed E-state index contributed by atoms with van der Waals surface area (Å²) in [6.45, 7) is 1.99. The Bertz CT molecular complexity index is 737. The second-order valence-electron chi connectivity index (χ2n) is 4.88. The van der Waals surface area contributed by atoms with Crippen LogP contribution in [0, 0.1) is 6.92 Å². The highest BCUT2D eigenvalue weighted by Crippen LogP contribution is 2.23. The SMILES string of the molecule is Cc1cccc(N2C(=O)/C(=C/c3ccccc3)NC2=S)c1. The van der Waals surface area contributed by atoms with Crippen LogP contribution < -0.4 is 10.2 Å². The second-order valence-corrected chi connectivity index (χ2v) is 5.27. The topological polar surface area (TPSA) is 32.3 Å². The van der Waals surface area contributed by atoms with Gasteiger partial charge in [0.2, 0.25) is 0 Å². The van der Waals surface area contributed by atoms with E-state index in [2.05, 4.69) is 5.32 Å². The molecule has 0 atom stereocenters. The van der Waals surface area contributed by atoms with Crippen molar-refractivity contribution >= 4 is 35.0 Å². The van der Waals surface area contributed by atoms with E-state index in [1.54, 1.807) is 0 Å². The maximum atomic E-state index is 12.5. The molecule has 1 fully saturated rings. The minimum absolute atomic E-state index is 0.130. The third-order valence-corrected chi connectivity index (χ3v) is 3.53. The van der Waals surface area contributed by atoms with Crippen LogP contribution in [0.15, 0.2) is 60.3 Å². The molecule has 3 rings (SSSR count). The van der Waals surface area contributed by atoms with Gasteiger partial charge in [0.25, 0.3) is 5.91 Å². The van der Waals surface area contributed by atoms with Gasteiger partial charge in [-0.25, -0.2) is 0 Å². The molecule has 0 aromatic heterocycles. The van der Waals surface area contributed by atoms with Crippen molar-refractivity contribution < 1.29 is 4.79 Å². The molecule has 0 spiro atoms. The molecular weight excluding hydrogens is 280 g/mol. The van der Waals surface area contributed by atoms with Gasteiger partial charge in [-0.05, 0) is 48.5 Å². The van der Waals surface area contributed by atoms with E-state index >= 15 is 0 Å². The molecule has 0 bridgehead atoms. The standard InChI is InChI=1S/C17H14N2OS/c1-12-6-5-9-14(10-12)19-16(20)15(18-17(19)21)11-13-7-3-2-4-8-13/h2-11H,1H3,(H,18,21)/b15-11-. The average molecular weight is 294 g/mol. The number of carbonyl (C=O) groups excluding carboxylic acids is 1. The molecule has 104 valence electrons. The number of rotatable bonds is 2. The van der Waals surface area contributed by atoms with Gasteiger partial charge in [0.15, 0.2) is 5.11 Å². The van der Waals surface area contributed by atoms with Gasteiger partial charge in [0.1, 0.15) is 5.70 Å². The summed E-state index contributed by atoms with van der Waals surface area (Å²) in [5.41, 5.74) is 3.33. The molecule has 4 heteroatoms. The lowest BCUT2D eigenvalue weighted by Crippen LogP contribution is -2.30. The van der Waals surface area contributed by atoms with Crippen molar-refractivity contribution in [1.82, 2.24) is 5.32 Å². The van der Waals surface area contributed by atoms with Gasteiger partial charge in [-0.2, -0.15) is 0 Å². The minimum atomic E-state index is -0.130. The fraction of sp³-hybridized carbons (Fsp3) is 0.0588. The molecule has 3 nitrogen and oxygen atoms in total. The van der Waals surface area contributed by atoms with Crippen molar-refractivity contribution in [1.29, 1.82) is 0 Å². The molecule has 2 aromatic rings. The Morgan fingerprint density at radius 3 is 2.57 bits per heavy atom. The normalized spacial score (nSPS) is 16.4. The lowest BCUT2D eigenvalue weighted by atomic mass is 10.2. The highest BCUT2D eigenvalue weighted by molar-refractivity contribution is 7.80. The first-order valence-corrected chi connectivity index (χ1v) is 7.05. The van der Waals surface area contributed by atoms with E-state index in [4.69, 9.17) is 12.2 Å². The molecular formula is C17H14N2OS. The molecule has 21 heavy (non-hydrogen) atoms. The maximum absolute atomic E-state index is 12.5. The lowest BCUT2D eigenvalue weighted by molar-refractivity contribution is -0.113. The second kappa shape index (κ2) is 5.50. The van der Waals surface area contributed by atoms with E-state index in [-0.39, 0.29) is 5.91 Å². The molecule has 1 heterocycles. The molecule has 1 aliphatic rings. The Kier molecular flexibility index (Phi) is 3.54. The van der Waals surface area contributed by atoms with E-state index in [1.165, 1.54) is 4.90 Å². The molecule has 1 aliphatic heterocycles. The van der Waals surface area contributed by atoms with Gasteiger partial charge in [-0.3, -0.25) is 9.69 Å². The number of thiocarbonyl (C=S) groups is 1. The lowest BCUT2D eigenvalue weighted by Gasteiger charge is -2.14. The summed E-state index contributed by atoms with van der Waals surface area (Å²) in [5.74, 6) is -0.130. The Labute approximate surface area is 128 Å². The average Bonchev–Trinajstić information content (AvgIpc) is 2.74. The zero-order chi connectivity index (χ0) is 14.8. The predicted octanol–water partition coefficient (Wildman–Crippen LogP) is 3.26. The fourth-order valence-electron chi connectivity index (χ4n) is 2.25. The summed E-state index contributed by atoms with van der Waals surface area (Å²) in [7, 11) is 0. The largest absolute Gasteiger partial charge is 0.327 e. The predicted molar refractivity (Wildman–Crippen MR) is 88.8 cm³/mol. The molecule has 1 amide bonds. The molecule has 1 saturated heterocycles. The van der Waals surface area contributed by atoms with E-state index in [0.29, 0.717) is 10.8 Å². The zero-order valence-corrected chi connectivity index (χ0v) is 12.4. The Balaban J connectivity index is 1.94. The third kappa shape index (κ3) is 2.71.